The van der Waals surface area contributed by atoms with Crippen LogP contribution in [-0.2, 0) is 16.0 Å². The number of fused-ring (bicyclic) bond motifs is 2. The van der Waals surface area contributed by atoms with Gasteiger partial charge in [-0.2, -0.15) is 0 Å². The van der Waals surface area contributed by atoms with Gasteiger partial charge in [-0.05, 0) is 50.3 Å². The molecule has 1 aliphatic carbocycles. The molecule has 130 valence electrons. The largest absolute Gasteiger partial charge is 0.511 e. The summed E-state index contributed by atoms with van der Waals surface area (Å²) in [5.74, 6) is -1.27. The molecule has 25 heavy (non-hydrogen) atoms. The number of Topliss-reactive ketones (excluding diaryl/α,β-unsaturated/α-hetero) is 1. The molecule has 0 radical (unpaired) electrons. The van der Waals surface area contributed by atoms with Crippen molar-refractivity contribution in [3.8, 4) is 0 Å². The van der Waals surface area contributed by atoms with Gasteiger partial charge in [-0.1, -0.05) is 12.1 Å². The number of ketones is 1. The molecule has 2 unspecified atom stereocenters. The van der Waals surface area contributed by atoms with Crippen molar-refractivity contribution in [1.82, 2.24) is 9.88 Å². The number of nitrogens with zero attached hydrogens (tertiary/aromatic N) is 1. The number of aromatic nitrogens is 1. The first-order chi connectivity index (χ1) is 11.7. The Labute approximate surface area is 146 Å². The molecule has 5 heteroatoms. The van der Waals surface area contributed by atoms with Crippen LogP contribution in [0.1, 0.15) is 37.8 Å². The third-order valence-electron chi connectivity index (χ3n) is 6.19. The molecule has 2 aromatic rings. The minimum absolute atomic E-state index is 0.0211. The Hall–Kier alpha value is -2.56. The van der Waals surface area contributed by atoms with Gasteiger partial charge in [-0.15, -0.1) is 0 Å². The smallest absolute Gasteiger partial charge is 0.261 e. The first-order valence-electron chi connectivity index (χ1n) is 8.56. The van der Waals surface area contributed by atoms with Gasteiger partial charge < -0.3 is 15.0 Å². The number of likely N-dealkylation sites (N-methyl/N-ethyl adjacent to an activating group) is 1. The van der Waals surface area contributed by atoms with Gasteiger partial charge in [0.2, 0.25) is 0 Å². The van der Waals surface area contributed by atoms with Crippen LogP contribution in [-0.4, -0.2) is 39.3 Å². The quantitative estimate of drug-likeness (QED) is 0.785. The Kier molecular flexibility index (Phi) is 3.17. The lowest BCUT2D eigenvalue weighted by Crippen LogP contribution is -2.52. The number of amides is 1. The molecular weight excluding hydrogens is 316 g/mol. The lowest BCUT2D eigenvalue weighted by Gasteiger charge is -2.45. The van der Waals surface area contributed by atoms with Gasteiger partial charge in [0.15, 0.2) is 5.78 Å². The zero-order valence-corrected chi connectivity index (χ0v) is 14.9. The molecule has 2 aliphatic rings. The van der Waals surface area contributed by atoms with E-state index in [0.717, 1.165) is 22.9 Å². The zero-order chi connectivity index (χ0) is 18.1. The van der Waals surface area contributed by atoms with Crippen LogP contribution in [0.5, 0.6) is 0 Å². The number of nitrogens with one attached hydrogen (secondary N) is 1. The molecule has 0 bridgehead atoms. The third kappa shape index (κ3) is 1.95. The number of aliphatic hydroxyl groups excluding tert-OH is 1. The van der Waals surface area contributed by atoms with Gasteiger partial charge in [0, 0.05) is 35.6 Å². The van der Waals surface area contributed by atoms with E-state index in [-0.39, 0.29) is 23.2 Å². The van der Waals surface area contributed by atoms with Crippen LogP contribution in [0.25, 0.3) is 10.9 Å². The van der Waals surface area contributed by atoms with Crippen LogP contribution in [0.15, 0.2) is 35.7 Å². The summed E-state index contributed by atoms with van der Waals surface area (Å²) in [5, 5.41) is 12.1. The normalized spacial score (nSPS) is 25.1. The number of rotatable bonds is 1. The van der Waals surface area contributed by atoms with E-state index in [1.165, 1.54) is 12.5 Å². The number of allylic oxidation sites excluding steroid dienone is 1. The topological polar surface area (TPSA) is 73.4 Å². The highest BCUT2D eigenvalue weighted by atomic mass is 16.3. The summed E-state index contributed by atoms with van der Waals surface area (Å²) in [7, 11) is 1.72. The average Bonchev–Trinajstić information content (AvgIpc) is 2.97. The standard InChI is InChI=1S/C20H22N2O3/c1-10(23)15-18(24)17-12-9-21-14-7-5-6-11(16(12)14)8-13(17)20(2,3)22(4)19(15)25/h5-7,9,13,17,21,24H,8H2,1-4H3. The molecule has 1 aliphatic heterocycles. The lowest BCUT2D eigenvalue weighted by molar-refractivity contribution is -0.133. The fourth-order valence-corrected chi connectivity index (χ4v) is 4.55. The van der Waals surface area contributed by atoms with E-state index in [9.17, 15) is 14.7 Å². The van der Waals surface area contributed by atoms with E-state index < -0.39 is 17.2 Å². The van der Waals surface area contributed by atoms with E-state index in [0.29, 0.717) is 0 Å². The van der Waals surface area contributed by atoms with Crippen molar-refractivity contribution >= 4 is 22.6 Å². The molecule has 5 nitrogen and oxygen atoms in total. The van der Waals surface area contributed by atoms with E-state index in [2.05, 4.69) is 11.1 Å². The Morgan fingerprint density at radius 3 is 2.76 bits per heavy atom. The minimum atomic E-state index is -0.510. The number of H-pyrrole nitrogens is 1. The molecule has 1 aromatic heterocycles. The summed E-state index contributed by atoms with van der Waals surface area (Å²) in [6.45, 7) is 5.36. The molecule has 2 atom stereocenters. The zero-order valence-electron chi connectivity index (χ0n) is 14.9. The number of aliphatic hydroxyl groups is 1. The molecule has 4 rings (SSSR count). The Morgan fingerprint density at radius 1 is 1.36 bits per heavy atom. The van der Waals surface area contributed by atoms with Gasteiger partial charge in [-0.25, -0.2) is 0 Å². The molecule has 0 saturated heterocycles. The number of benzene rings is 1. The van der Waals surface area contributed by atoms with Crippen LogP contribution >= 0.6 is 0 Å². The highest BCUT2D eigenvalue weighted by Gasteiger charge is 2.50. The minimum Gasteiger partial charge on any atom is -0.511 e. The Balaban J connectivity index is 2.06. The SMILES string of the molecule is CC(=O)C1=C(O)C2c3c[nH]c4cccc(c34)CC2C(C)(C)N(C)C1=O. The van der Waals surface area contributed by atoms with Crippen molar-refractivity contribution in [3.63, 3.8) is 0 Å². The van der Waals surface area contributed by atoms with Gasteiger partial charge >= 0.3 is 0 Å². The molecule has 0 spiro atoms. The fraction of sp³-hybridized carbons (Fsp3) is 0.400. The van der Waals surface area contributed by atoms with Gasteiger partial charge in [0.1, 0.15) is 11.3 Å². The maximum Gasteiger partial charge on any atom is 0.261 e. The van der Waals surface area contributed by atoms with Gasteiger partial charge in [-0.3, -0.25) is 9.59 Å². The summed E-state index contributed by atoms with van der Waals surface area (Å²) in [6, 6.07) is 6.13. The van der Waals surface area contributed by atoms with E-state index in [1.54, 1.807) is 11.9 Å². The van der Waals surface area contributed by atoms with Gasteiger partial charge in [0.25, 0.3) is 5.91 Å². The van der Waals surface area contributed by atoms with Crippen molar-refractivity contribution < 1.29 is 14.7 Å². The molecule has 1 aromatic carbocycles. The molecule has 1 amide bonds. The summed E-state index contributed by atoms with van der Waals surface area (Å²) < 4.78 is 0. The molecular formula is C20H22N2O3. The second kappa shape index (κ2) is 4.97. The Bertz CT molecular complexity index is 951. The molecule has 0 saturated carbocycles. The average molecular weight is 338 g/mol. The number of hydrogen-bond donors (Lipinski definition) is 2. The number of aromatic amines is 1. The predicted molar refractivity (Wildman–Crippen MR) is 95.4 cm³/mol. The Morgan fingerprint density at radius 2 is 2.08 bits per heavy atom. The van der Waals surface area contributed by atoms with Crippen LogP contribution in [0.4, 0.5) is 0 Å². The predicted octanol–water partition coefficient (Wildman–Crippen LogP) is 3.08. The van der Waals surface area contributed by atoms with Crippen LogP contribution in [0.2, 0.25) is 0 Å². The van der Waals surface area contributed by atoms with Crippen LogP contribution in [0, 0.1) is 5.92 Å². The van der Waals surface area contributed by atoms with E-state index in [1.807, 2.05) is 32.2 Å². The van der Waals surface area contributed by atoms with Crippen molar-refractivity contribution in [2.24, 2.45) is 5.92 Å². The summed E-state index contributed by atoms with van der Waals surface area (Å²) >= 11 is 0. The summed E-state index contributed by atoms with van der Waals surface area (Å²) in [6.07, 6.45) is 2.65. The van der Waals surface area contributed by atoms with E-state index >= 15 is 0 Å². The third-order valence-corrected chi connectivity index (χ3v) is 6.19. The van der Waals surface area contributed by atoms with Crippen LogP contribution in [0.3, 0.4) is 0 Å². The first kappa shape index (κ1) is 15.9. The number of carbonyl (C=O) groups excluding carboxylic acids is 2. The summed E-state index contributed by atoms with van der Waals surface area (Å²) in [4.78, 5) is 29.9. The fourth-order valence-electron chi connectivity index (χ4n) is 4.55. The summed E-state index contributed by atoms with van der Waals surface area (Å²) in [5.41, 5.74) is 2.60. The highest BCUT2D eigenvalue weighted by molar-refractivity contribution is 6.19. The maximum atomic E-state index is 12.9. The maximum absolute atomic E-state index is 12.9. The molecule has 0 fully saturated rings. The first-order valence-corrected chi connectivity index (χ1v) is 8.56. The second-order valence-corrected chi connectivity index (χ2v) is 7.71. The van der Waals surface area contributed by atoms with Crippen molar-refractivity contribution in [1.29, 1.82) is 0 Å². The van der Waals surface area contributed by atoms with Crippen molar-refractivity contribution in [3.05, 3.63) is 46.9 Å². The number of hydrogen-bond acceptors (Lipinski definition) is 3. The number of carbonyl (C=O) groups is 2. The highest BCUT2D eigenvalue weighted by Crippen LogP contribution is 2.50. The van der Waals surface area contributed by atoms with E-state index in [4.69, 9.17) is 0 Å². The monoisotopic (exact) mass is 338 g/mol. The van der Waals surface area contributed by atoms with Crippen molar-refractivity contribution in [2.45, 2.75) is 38.6 Å². The molecule has 2 N–H and O–H groups in total. The molecule has 2 heterocycles. The van der Waals surface area contributed by atoms with Crippen molar-refractivity contribution in [2.75, 3.05) is 7.05 Å². The van der Waals surface area contributed by atoms with Crippen LogP contribution < -0.4 is 0 Å². The second-order valence-electron chi connectivity index (χ2n) is 7.71. The lowest BCUT2D eigenvalue weighted by atomic mass is 9.67. The van der Waals surface area contributed by atoms with Gasteiger partial charge in [0.05, 0.1) is 0 Å².